The number of hydrazine groups is 1. The normalized spacial score (nSPS) is 21.6. The van der Waals surface area contributed by atoms with Crippen molar-refractivity contribution in [1.29, 1.82) is 0 Å². The Labute approximate surface area is 198 Å². The molecule has 0 saturated heterocycles. The van der Waals surface area contributed by atoms with Crippen LogP contribution in [0.4, 0.5) is 5.82 Å². The summed E-state index contributed by atoms with van der Waals surface area (Å²) in [4.78, 5) is 21.1. The van der Waals surface area contributed by atoms with Crippen molar-refractivity contribution in [3.8, 4) is 11.3 Å². The number of rotatable bonds is 4. The van der Waals surface area contributed by atoms with Gasteiger partial charge < -0.3 is 5.11 Å². The van der Waals surface area contributed by atoms with E-state index in [4.69, 9.17) is 10.8 Å². The molecular formula is C26H28N6O2. The minimum Gasteiger partial charge on any atom is -0.481 e. The number of nitrogens with one attached hydrogen (secondary N) is 1. The first-order valence-corrected chi connectivity index (χ1v) is 11.6. The molecule has 1 aliphatic carbocycles. The van der Waals surface area contributed by atoms with E-state index in [2.05, 4.69) is 15.2 Å². The van der Waals surface area contributed by atoms with Crippen LogP contribution in [0.25, 0.3) is 16.8 Å². The second-order valence-electron chi connectivity index (χ2n) is 9.05. The molecule has 34 heavy (non-hydrogen) atoms. The lowest BCUT2D eigenvalue weighted by molar-refractivity contribution is -0.142. The Bertz CT molecular complexity index is 1270. The zero-order chi connectivity index (χ0) is 23.8. The minimum absolute atomic E-state index is 0.167. The largest absolute Gasteiger partial charge is 0.481 e. The van der Waals surface area contributed by atoms with Gasteiger partial charge in [-0.2, -0.15) is 5.10 Å². The quantitative estimate of drug-likeness (QED) is 0.496. The second kappa shape index (κ2) is 8.87. The Morgan fingerprint density at radius 2 is 1.85 bits per heavy atom. The van der Waals surface area contributed by atoms with E-state index in [1.807, 2.05) is 62.5 Å². The number of carboxylic acids is 1. The number of hydrogen-bond donors (Lipinski definition) is 3. The Morgan fingerprint density at radius 3 is 2.50 bits per heavy atom. The number of hydrogen-bond acceptors (Lipinski definition) is 6. The number of carbonyl (C=O) groups is 1. The topological polar surface area (TPSA) is 120 Å². The average Bonchev–Trinajstić information content (AvgIpc) is 3.27. The van der Waals surface area contributed by atoms with Crippen molar-refractivity contribution >= 4 is 23.1 Å². The van der Waals surface area contributed by atoms with Gasteiger partial charge in [0.25, 0.3) is 0 Å². The Hall–Kier alpha value is -3.78. The molecule has 1 saturated carbocycles. The van der Waals surface area contributed by atoms with Crippen molar-refractivity contribution < 1.29 is 9.90 Å². The summed E-state index contributed by atoms with van der Waals surface area (Å²) in [7, 11) is 0. The van der Waals surface area contributed by atoms with Gasteiger partial charge in [0.05, 0.1) is 22.9 Å². The van der Waals surface area contributed by atoms with Crippen molar-refractivity contribution in [3.05, 3.63) is 71.3 Å². The molecule has 4 N–H and O–H groups in total. The number of nitrogens with zero attached hydrogens (tertiary/aromatic N) is 4. The van der Waals surface area contributed by atoms with Crippen LogP contribution >= 0.6 is 0 Å². The minimum atomic E-state index is -0.708. The lowest BCUT2D eigenvalue weighted by Gasteiger charge is -2.32. The molecular weight excluding hydrogens is 428 g/mol. The van der Waals surface area contributed by atoms with E-state index in [1.165, 1.54) is 5.01 Å². The summed E-state index contributed by atoms with van der Waals surface area (Å²) in [5.74, 6) is 6.96. The summed E-state index contributed by atoms with van der Waals surface area (Å²) in [6.07, 6.45) is 4.71. The number of benzene rings is 1. The standard InChI is InChI=1S/C26H28N6O2/c1-15(20-12-13-21(28-14-20)17-6-4-3-5-7-17)24-29-23(18-8-10-19(11-9-18)26(33)34)22-16(2)30-31-25(22)32(24)27/h3-7,12-14,18-19H,8-11,27H2,1-2H3,(H,30,31)(H,33,34)/b24-15+. The lowest BCUT2D eigenvalue weighted by Crippen LogP contribution is -2.37. The highest BCUT2D eigenvalue weighted by molar-refractivity contribution is 6.10. The van der Waals surface area contributed by atoms with Crippen LogP contribution in [0.5, 0.6) is 0 Å². The first-order valence-electron chi connectivity index (χ1n) is 11.6. The zero-order valence-electron chi connectivity index (χ0n) is 19.3. The zero-order valence-corrected chi connectivity index (χ0v) is 19.3. The van der Waals surface area contributed by atoms with Gasteiger partial charge in [0, 0.05) is 28.9 Å². The van der Waals surface area contributed by atoms with Crippen LogP contribution in [-0.4, -0.2) is 32.0 Å². The van der Waals surface area contributed by atoms with E-state index in [1.54, 1.807) is 0 Å². The van der Waals surface area contributed by atoms with Crippen LogP contribution < -0.4 is 10.9 Å². The molecule has 5 rings (SSSR count). The van der Waals surface area contributed by atoms with Crippen LogP contribution in [0.2, 0.25) is 0 Å². The maximum atomic E-state index is 11.4. The molecule has 0 atom stereocenters. The summed E-state index contributed by atoms with van der Waals surface area (Å²) in [6.45, 7) is 3.95. The van der Waals surface area contributed by atoms with Gasteiger partial charge in [-0.15, -0.1) is 0 Å². The van der Waals surface area contributed by atoms with Gasteiger partial charge in [-0.1, -0.05) is 36.4 Å². The molecule has 0 unspecified atom stereocenters. The van der Waals surface area contributed by atoms with Crippen LogP contribution in [0, 0.1) is 18.8 Å². The van der Waals surface area contributed by atoms with Crippen LogP contribution in [-0.2, 0) is 4.79 Å². The molecule has 3 aromatic rings. The van der Waals surface area contributed by atoms with E-state index < -0.39 is 5.97 Å². The van der Waals surface area contributed by atoms with Crippen molar-refractivity contribution in [3.63, 3.8) is 0 Å². The van der Waals surface area contributed by atoms with Crippen molar-refractivity contribution in [2.24, 2.45) is 22.7 Å². The first-order chi connectivity index (χ1) is 16.4. The fourth-order valence-corrected chi connectivity index (χ4v) is 4.92. The number of H-pyrrole nitrogens is 1. The third-order valence-corrected chi connectivity index (χ3v) is 6.93. The van der Waals surface area contributed by atoms with Gasteiger partial charge in [-0.05, 0) is 51.2 Å². The SMILES string of the molecule is C/C(=C1/N=C(C2CCC(C(=O)O)CC2)c2c(n[nH]c2C)N1N)c1ccc(-c2ccccc2)nc1. The van der Waals surface area contributed by atoms with Crippen molar-refractivity contribution in [2.75, 3.05) is 5.01 Å². The first kappa shape index (κ1) is 22.0. The van der Waals surface area contributed by atoms with Crippen molar-refractivity contribution in [1.82, 2.24) is 15.2 Å². The highest BCUT2D eigenvalue weighted by Gasteiger charge is 2.35. The predicted octanol–water partition coefficient (Wildman–Crippen LogP) is 4.54. The number of aryl methyl sites for hydroxylation is 1. The summed E-state index contributed by atoms with van der Waals surface area (Å²) in [6, 6.07) is 14.1. The number of fused-ring (bicyclic) bond motifs is 1. The van der Waals surface area contributed by atoms with E-state index >= 15 is 0 Å². The van der Waals surface area contributed by atoms with E-state index in [0.29, 0.717) is 24.5 Å². The Balaban J connectivity index is 1.51. The summed E-state index contributed by atoms with van der Waals surface area (Å²) < 4.78 is 0. The number of aromatic amines is 1. The Kier molecular flexibility index (Phi) is 5.75. The van der Waals surface area contributed by atoms with E-state index in [9.17, 15) is 9.90 Å². The fraction of sp³-hybridized carbons (Fsp3) is 0.308. The predicted molar refractivity (Wildman–Crippen MR) is 132 cm³/mol. The van der Waals surface area contributed by atoms with Crippen molar-refractivity contribution in [2.45, 2.75) is 39.5 Å². The van der Waals surface area contributed by atoms with E-state index in [0.717, 1.165) is 52.2 Å². The van der Waals surface area contributed by atoms with Crippen LogP contribution in [0.3, 0.4) is 0 Å². The smallest absolute Gasteiger partial charge is 0.306 e. The molecule has 1 aromatic carbocycles. The second-order valence-corrected chi connectivity index (χ2v) is 9.05. The number of aromatic nitrogens is 3. The van der Waals surface area contributed by atoms with Gasteiger partial charge in [0.15, 0.2) is 11.6 Å². The van der Waals surface area contributed by atoms with Crippen LogP contribution in [0.1, 0.15) is 49.4 Å². The number of carboxylic acid groups (broad SMARTS) is 1. The number of allylic oxidation sites excluding steroid dienone is 1. The van der Waals surface area contributed by atoms with Gasteiger partial charge in [0.2, 0.25) is 0 Å². The number of pyridine rings is 1. The highest BCUT2D eigenvalue weighted by Crippen LogP contribution is 2.39. The molecule has 174 valence electrons. The monoisotopic (exact) mass is 456 g/mol. The molecule has 0 spiro atoms. The third kappa shape index (κ3) is 3.90. The maximum Gasteiger partial charge on any atom is 0.306 e. The third-order valence-electron chi connectivity index (χ3n) is 6.93. The van der Waals surface area contributed by atoms with Gasteiger partial charge in [-0.3, -0.25) is 14.9 Å². The number of aliphatic carboxylic acids is 1. The summed E-state index contributed by atoms with van der Waals surface area (Å²) in [5.41, 5.74) is 6.57. The molecule has 1 aliphatic heterocycles. The van der Waals surface area contributed by atoms with Gasteiger partial charge in [-0.25, -0.2) is 15.8 Å². The number of anilines is 1. The van der Waals surface area contributed by atoms with Crippen LogP contribution in [0.15, 0.2) is 59.5 Å². The lowest BCUT2D eigenvalue weighted by atomic mass is 9.78. The average molecular weight is 457 g/mol. The molecule has 3 heterocycles. The van der Waals surface area contributed by atoms with Gasteiger partial charge in [0.1, 0.15) is 0 Å². The Morgan fingerprint density at radius 1 is 1.12 bits per heavy atom. The number of nitrogens with two attached hydrogens (primary N) is 1. The molecule has 2 aromatic heterocycles. The summed E-state index contributed by atoms with van der Waals surface area (Å²) in [5, 5.41) is 18.4. The molecule has 8 heteroatoms. The molecule has 0 amide bonds. The molecule has 8 nitrogen and oxygen atoms in total. The molecule has 2 aliphatic rings. The number of aliphatic imine (C=N–C) groups is 1. The maximum absolute atomic E-state index is 11.4. The summed E-state index contributed by atoms with van der Waals surface area (Å²) >= 11 is 0. The highest BCUT2D eigenvalue weighted by atomic mass is 16.4. The molecule has 1 fully saturated rings. The fourth-order valence-electron chi connectivity index (χ4n) is 4.92. The van der Waals surface area contributed by atoms with E-state index in [-0.39, 0.29) is 11.8 Å². The molecule has 0 radical (unpaired) electrons. The van der Waals surface area contributed by atoms with Gasteiger partial charge >= 0.3 is 5.97 Å². The molecule has 0 bridgehead atoms.